The SMILES string of the molecule is CC(O)(CN(CC1CC1)CC1CCCN1)C(=O)O. The van der Waals surface area contributed by atoms with E-state index in [1.54, 1.807) is 0 Å². The second-order valence-electron chi connectivity index (χ2n) is 6.01. The molecule has 1 aliphatic carbocycles. The summed E-state index contributed by atoms with van der Waals surface area (Å²) in [6, 6.07) is 0.452. The second kappa shape index (κ2) is 5.55. The molecule has 0 radical (unpaired) electrons. The molecule has 2 rings (SSSR count). The van der Waals surface area contributed by atoms with Crippen LogP contribution in [0.3, 0.4) is 0 Å². The minimum Gasteiger partial charge on any atom is -0.479 e. The molecule has 1 saturated heterocycles. The van der Waals surface area contributed by atoms with Gasteiger partial charge >= 0.3 is 5.97 Å². The van der Waals surface area contributed by atoms with E-state index in [-0.39, 0.29) is 6.54 Å². The van der Waals surface area contributed by atoms with Crippen LogP contribution in [0.1, 0.15) is 32.6 Å². The maximum atomic E-state index is 11.0. The van der Waals surface area contributed by atoms with Crippen molar-refractivity contribution < 1.29 is 15.0 Å². The molecule has 2 atom stereocenters. The standard InChI is InChI=1S/C13H24N2O3/c1-13(18,12(16)17)9-15(7-10-4-5-10)8-11-3-2-6-14-11/h10-11,14,18H,2-9H2,1H3,(H,16,17). The second-order valence-corrected chi connectivity index (χ2v) is 6.01. The van der Waals surface area contributed by atoms with Gasteiger partial charge in [-0.25, -0.2) is 4.79 Å². The summed E-state index contributed by atoms with van der Waals surface area (Å²) in [5, 5.41) is 22.3. The van der Waals surface area contributed by atoms with Crippen molar-refractivity contribution in [2.45, 2.75) is 44.2 Å². The van der Waals surface area contributed by atoms with E-state index >= 15 is 0 Å². The summed E-state index contributed by atoms with van der Waals surface area (Å²) >= 11 is 0. The number of carboxylic acid groups (broad SMARTS) is 1. The van der Waals surface area contributed by atoms with E-state index in [0.29, 0.717) is 12.0 Å². The number of aliphatic hydroxyl groups is 1. The van der Waals surface area contributed by atoms with Gasteiger partial charge in [0.25, 0.3) is 0 Å². The van der Waals surface area contributed by atoms with Crippen LogP contribution >= 0.6 is 0 Å². The Labute approximate surface area is 108 Å². The zero-order valence-electron chi connectivity index (χ0n) is 11.1. The molecule has 0 spiro atoms. The van der Waals surface area contributed by atoms with Crippen molar-refractivity contribution in [1.82, 2.24) is 10.2 Å². The van der Waals surface area contributed by atoms with Gasteiger partial charge in [-0.3, -0.25) is 4.90 Å². The lowest BCUT2D eigenvalue weighted by Gasteiger charge is -2.30. The van der Waals surface area contributed by atoms with Crippen LogP contribution in [0.4, 0.5) is 0 Å². The largest absolute Gasteiger partial charge is 0.479 e. The highest BCUT2D eigenvalue weighted by molar-refractivity contribution is 5.76. The number of carboxylic acids is 1. The molecule has 1 aliphatic heterocycles. The Balaban J connectivity index is 1.88. The van der Waals surface area contributed by atoms with Crippen LogP contribution in [0, 0.1) is 5.92 Å². The van der Waals surface area contributed by atoms with Crippen LogP contribution in [-0.2, 0) is 4.79 Å². The molecule has 1 heterocycles. The summed E-state index contributed by atoms with van der Waals surface area (Å²) in [7, 11) is 0. The number of aliphatic carboxylic acids is 1. The van der Waals surface area contributed by atoms with E-state index in [9.17, 15) is 9.90 Å². The molecule has 0 aromatic carbocycles. The van der Waals surface area contributed by atoms with Gasteiger partial charge in [-0.15, -0.1) is 0 Å². The third kappa shape index (κ3) is 3.93. The van der Waals surface area contributed by atoms with Crippen LogP contribution in [0.2, 0.25) is 0 Å². The Morgan fingerprint density at radius 1 is 1.39 bits per heavy atom. The predicted octanol–water partition coefficient (Wildman–Crippen LogP) is 0.286. The van der Waals surface area contributed by atoms with Crippen molar-refractivity contribution in [3.05, 3.63) is 0 Å². The van der Waals surface area contributed by atoms with Gasteiger partial charge in [-0.1, -0.05) is 0 Å². The molecule has 0 aromatic heterocycles. The quantitative estimate of drug-likeness (QED) is 0.610. The molecular formula is C13H24N2O3. The van der Waals surface area contributed by atoms with E-state index in [1.807, 2.05) is 0 Å². The molecular weight excluding hydrogens is 232 g/mol. The van der Waals surface area contributed by atoms with Crippen molar-refractivity contribution >= 4 is 5.97 Å². The van der Waals surface area contributed by atoms with Gasteiger partial charge in [0.15, 0.2) is 5.60 Å². The lowest BCUT2D eigenvalue weighted by Crippen LogP contribution is -2.50. The van der Waals surface area contributed by atoms with E-state index in [1.165, 1.54) is 26.2 Å². The fraction of sp³-hybridized carbons (Fsp3) is 0.923. The Bertz CT molecular complexity index is 297. The first kappa shape index (κ1) is 13.8. The molecule has 5 heteroatoms. The van der Waals surface area contributed by atoms with Crippen LogP contribution in [0.25, 0.3) is 0 Å². The number of nitrogens with zero attached hydrogens (tertiary/aromatic N) is 1. The van der Waals surface area contributed by atoms with E-state index in [4.69, 9.17) is 5.11 Å². The predicted molar refractivity (Wildman–Crippen MR) is 68.4 cm³/mol. The number of rotatable bonds is 7. The Morgan fingerprint density at radius 3 is 2.61 bits per heavy atom. The fourth-order valence-corrected chi connectivity index (χ4v) is 2.60. The lowest BCUT2D eigenvalue weighted by atomic mass is 10.1. The van der Waals surface area contributed by atoms with Crippen LogP contribution in [0.15, 0.2) is 0 Å². The number of carbonyl (C=O) groups is 1. The van der Waals surface area contributed by atoms with Crippen molar-refractivity contribution in [3.63, 3.8) is 0 Å². The van der Waals surface area contributed by atoms with Crippen molar-refractivity contribution in [3.8, 4) is 0 Å². The van der Waals surface area contributed by atoms with E-state index in [2.05, 4.69) is 10.2 Å². The van der Waals surface area contributed by atoms with Gasteiger partial charge in [-0.2, -0.15) is 0 Å². The van der Waals surface area contributed by atoms with Crippen molar-refractivity contribution in [2.75, 3.05) is 26.2 Å². The summed E-state index contributed by atoms with van der Waals surface area (Å²) in [4.78, 5) is 13.1. The number of hydrogen-bond acceptors (Lipinski definition) is 4. The van der Waals surface area contributed by atoms with Crippen LogP contribution in [-0.4, -0.2) is 58.9 Å². The Kier molecular flexibility index (Phi) is 4.25. The summed E-state index contributed by atoms with van der Waals surface area (Å²) in [5.41, 5.74) is -1.65. The highest BCUT2D eigenvalue weighted by Gasteiger charge is 2.35. The third-order valence-electron chi connectivity index (χ3n) is 3.85. The molecule has 0 aromatic rings. The molecule has 1 saturated carbocycles. The van der Waals surface area contributed by atoms with Gasteiger partial charge < -0.3 is 15.5 Å². The highest BCUT2D eigenvalue weighted by atomic mass is 16.4. The summed E-state index contributed by atoms with van der Waals surface area (Å²) < 4.78 is 0. The first-order valence-corrected chi connectivity index (χ1v) is 6.89. The molecule has 2 aliphatic rings. The Morgan fingerprint density at radius 2 is 2.11 bits per heavy atom. The third-order valence-corrected chi connectivity index (χ3v) is 3.85. The Hall–Kier alpha value is -0.650. The molecule has 104 valence electrons. The number of hydrogen-bond donors (Lipinski definition) is 3. The molecule has 2 unspecified atom stereocenters. The maximum Gasteiger partial charge on any atom is 0.336 e. The molecule has 2 fully saturated rings. The van der Waals surface area contributed by atoms with Gasteiger partial charge in [0.2, 0.25) is 0 Å². The zero-order chi connectivity index (χ0) is 13.2. The smallest absolute Gasteiger partial charge is 0.336 e. The fourth-order valence-electron chi connectivity index (χ4n) is 2.60. The average molecular weight is 256 g/mol. The molecule has 3 N–H and O–H groups in total. The van der Waals surface area contributed by atoms with Gasteiger partial charge in [0, 0.05) is 25.7 Å². The van der Waals surface area contributed by atoms with Gasteiger partial charge in [0.05, 0.1) is 0 Å². The monoisotopic (exact) mass is 256 g/mol. The number of nitrogens with one attached hydrogen (secondary N) is 1. The van der Waals surface area contributed by atoms with Gasteiger partial charge in [0.1, 0.15) is 0 Å². The molecule has 0 amide bonds. The summed E-state index contributed by atoms with van der Waals surface area (Å²) in [6.07, 6.45) is 4.82. The summed E-state index contributed by atoms with van der Waals surface area (Å²) in [6.45, 7) is 4.42. The maximum absolute atomic E-state index is 11.0. The molecule has 18 heavy (non-hydrogen) atoms. The van der Waals surface area contributed by atoms with Gasteiger partial charge in [-0.05, 0) is 45.1 Å². The van der Waals surface area contributed by atoms with Crippen molar-refractivity contribution in [1.29, 1.82) is 0 Å². The topological polar surface area (TPSA) is 72.8 Å². The lowest BCUT2D eigenvalue weighted by molar-refractivity contribution is -0.158. The van der Waals surface area contributed by atoms with E-state index < -0.39 is 11.6 Å². The average Bonchev–Trinajstić information content (AvgIpc) is 2.92. The van der Waals surface area contributed by atoms with Crippen LogP contribution < -0.4 is 5.32 Å². The first-order chi connectivity index (χ1) is 8.47. The molecule has 0 bridgehead atoms. The normalized spacial score (nSPS) is 27.4. The summed E-state index contributed by atoms with van der Waals surface area (Å²) in [5.74, 6) is -0.432. The van der Waals surface area contributed by atoms with E-state index in [0.717, 1.165) is 26.1 Å². The minimum absolute atomic E-state index is 0.219. The first-order valence-electron chi connectivity index (χ1n) is 6.89. The van der Waals surface area contributed by atoms with Crippen LogP contribution in [0.5, 0.6) is 0 Å². The minimum atomic E-state index is -1.65. The van der Waals surface area contributed by atoms with Crippen molar-refractivity contribution in [2.24, 2.45) is 5.92 Å². The zero-order valence-corrected chi connectivity index (χ0v) is 11.1. The highest BCUT2D eigenvalue weighted by Crippen LogP contribution is 2.30. The molecule has 5 nitrogen and oxygen atoms in total.